The van der Waals surface area contributed by atoms with E-state index in [0.717, 1.165) is 0 Å². The van der Waals surface area contributed by atoms with Gasteiger partial charge < -0.3 is 34.2 Å². The topological polar surface area (TPSA) is 110 Å². The molecule has 9 nitrogen and oxygen atoms in total. The number of aromatic nitrogens is 3. The first-order chi connectivity index (χ1) is 14.0. The fraction of sp³-hybridized carbons (Fsp3) is 0.263. The van der Waals surface area contributed by atoms with Crippen LogP contribution in [0.3, 0.4) is 0 Å². The highest BCUT2D eigenvalue weighted by Crippen LogP contribution is 2.47. The van der Waals surface area contributed by atoms with Gasteiger partial charge in [0.2, 0.25) is 5.75 Å². The van der Waals surface area contributed by atoms with Gasteiger partial charge in [-0.25, -0.2) is 9.78 Å². The number of nitrogens with zero attached hydrogens (tertiary/aromatic N) is 1. The Labute approximate surface area is 172 Å². The van der Waals surface area contributed by atoms with Gasteiger partial charge in [0.1, 0.15) is 5.69 Å². The monoisotopic (exact) mass is 420 g/mol. The first-order valence-corrected chi connectivity index (χ1v) is 8.94. The molecule has 0 aliphatic carbocycles. The van der Waals surface area contributed by atoms with E-state index >= 15 is 0 Å². The van der Waals surface area contributed by atoms with E-state index in [1.807, 2.05) is 0 Å². The number of nitrogens with one attached hydrogen (secondary N) is 3. The summed E-state index contributed by atoms with van der Waals surface area (Å²) in [6, 6.07) is 3.52. The minimum atomic E-state index is -0.583. The number of ether oxygens (including phenoxy) is 4. The molecular formula is C19H21ClN4O5. The highest BCUT2D eigenvalue weighted by atomic mass is 35.5. The van der Waals surface area contributed by atoms with Gasteiger partial charge >= 0.3 is 5.97 Å². The van der Waals surface area contributed by atoms with Crippen molar-refractivity contribution in [3.05, 3.63) is 40.9 Å². The van der Waals surface area contributed by atoms with Crippen molar-refractivity contribution in [1.82, 2.24) is 15.0 Å². The van der Waals surface area contributed by atoms with Gasteiger partial charge in [0.25, 0.3) is 0 Å². The lowest BCUT2D eigenvalue weighted by Crippen LogP contribution is -2.05. The quantitative estimate of drug-likeness (QED) is 0.478. The van der Waals surface area contributed by atoms with Crippen LogP contribution in [0.2, 0.25) is 5.02 Å². The van der Waals surface area contributed by atoms with Gasteiger partial charge in [-0.05, 0) is 12.1 Å². The highest BCUT2D eigenvalue weighted by Gasteiger charge is 2.27. The van der Waals surface area contributed by atoms with E-state index in [1.165, 1.54) is 28.4 Å². The molecule has 0 spiro atoms. The Morgan fingerprint density at radius 3 is 2.48 bits per heavy atom. The third kappa shape index (κ3) is 3.81. The molecule has 0 radical (unpaired) electrons. The highest BCUT2D eigenvalue weighted by molar-refractivity contribution is 6.36. The van der Waals surface area contributed by atoms with Crippen LogP contribution < -0.4 is 19.5 Å². The summed E-state index contributed by atoms with van der Waals surface area (Å²) in [4.78, 5) is 22.3. The molecule has 3 rings (SSSR count). The van der Waals surface area contributed by atoms with Crippen LogP contribution in [0.5, 0.6) is 17.2 Å². The second kappa shape index (κ2) is 8.78. The van der Waals surface area contributed by atoms with Crippen LogP contribution in [0.1, 0.15) is 16.2 Å². The maximum Gasteiger partial charge on any atom is 0.356 e. The Balaban J connectivity index is 2.16. The van der Waals surface area contributed by atoms with Crippen LogP contribution >= 0.6 is 11.6 Å². The van der Waals surface area contributed by atoms with Crippen molar-refractivity contribution >= 4 is 23.5 Å². The number of benzene rings is 1. The summed E-state index contributed by atoms with van der Waals surface area (Å²) in [5, 5.41) is 3.34. The number of rotatable bonds is 8. The first kappa shape index (κ1) is 20.4. The van der Waals surface area contributed by atoms with Crippen LogP contribution in [0.15, 0.2) is 24.5 Å². The predicted octanol–water partition coefficient (Wildman–Crippen LogP) is 3.48. The number of esters is 1. The van der Waals surface area contributed by atoms with Crippen LogP contribution in [0.4, 0.5) is 5.95 Å². The average molecular weight is 421 g/mol. The average Bonchev–Trinajstić information content (AvgIpc) is 3.38. The summed E-state index contributed by atoms with van der Waals surface area (Å²) in [5.74, 6) is 1.32. The number of H-pyrrole nitrogens is 2. The van der Waals surface area contributed by atoms with Crippen molar-refractivity contribution in [3.63, 3.8) is 0 Å². The van der Waals surface area contributed by atoms with Crippen molar-refractivity contribution < 1.29 is 23.7 Å². The van der Waals surface area contributed by atoms with E-state index < -0.39 is 5.97 Å². The zero-order valence-electron chi connectivity index (χ0n) is 16.4. The molecule has 10 heteroatoms. The van der Waals surface area contributed by atoms with Crippen LogP contribution in [-0.2, 0) is 11.3 Å². The van der Waals surface area contributed by atoms with Gasteiger partial charge in [-0.2, -0.15) is 0 Å². The van der Waals surface area contributed by atoms with Gasteiger partial charge in [0.05, 0.1) is 40.0 Å². The molecule has 0 bridgehead atoms. The molecular weight excluding hydrogens is 400 g/mol. The lowest BCUT2D eigenvalue weighted by Gasteiger charge is -2.16. The SMILES string of the molecule is COC(=O)c1[nH]c(CNc2ncc[nH]2)c(-c2ccc(OC)c(OC)c2OC)c1Cl. The minimum absolute atomic E-state index is 0.136. The molecule has 0 atom stereocenters. The standard InChI is InChI=1S/C19H21ClN4O5/c1-26-12-6-5-10(16(27-2)17(12)28-3)13-11(9-23-19-21-7-8-22-19)24-15(14(13)20)18(25)29-4/h5-8,24H,9H2,1-4H3,(H2,21,22,23). The number of hydrogen-bond donors (Lipinski definition) is 3. The van der Waals surface area contributed by atoms with E-state index in [-0.39, 0.29) is 10.7 Å². The van der Waals surface area contributed by atoms with E-state index in [9.17, 15) is 4.79 Å². The zero-order chi connectivity index (χ0) is 21.0. The first-order valence-electron chi connectivity index (χ1n) is 8.56. The Hall–Kier alpha value is -3.33. The van der Waals surface area contributed by atoms with Gasteiger partial charge in [-0.1, -0.05) is 11.6 Å². The molecule has 1 aromatic carbocycles. The van der Waals surface area contributed by atoms with Crippen molar-refractivity contribution in [2.75, 3.05) is 33.8 Å². The van der Waals surface area contributed by atoms with Gasteiger partial charge in [0, 0.05) is 29.2 Å². The second-order valence-corrected chi connectivity index (χ2v) is 6.21. The van der Waals surface area contributed by atoms with Crippen molar-refractivity contribution in [2.24, 2.45) is 0 Å². The third-order valence-electron chi connectivity index (χ3n) is 4.31. The largest absolute Gasteiger partial charge is 0.493 e. The summed E-state index contributed by atoms with van der Waals surface area (Å²) in [7, 11) is 5.86. The predicted molar refractivity (Wildman–Crippen MR) is 108 cm³/mol. The van der Waals surface area contributed by atoms with E-state index in [2.05, 4.69) is 20.3 Å². The number of halogens is 1. The lowest BCUT2D eigenvalue weighted by atomic mass is 10.0. The Morgan fingerprint density at radius 2 is 1.90 bits per heavy atom. The maximum atomic E-state index is 12.2. The number of hydrogen-bond acceptors (Lipinski definition) is 7. The van der Waals surface area contributed by atoms with Crippen molar-refractivity contribution in [2.45, 2.75) is 6.54 Å². The number of imidazole rings is 1. The minimum Gasteiger partial charge on any atom is -0.493 e. The molecule has 0 saturated heterocycles. The molecule has 2 heterocycles. The summed E-state index contributed by atoms with van der Waals surface area (Å²) in [6.45, 7) is 0.303. The fourth-order valence-electron chi connectivity index (χ4n) is 3.01. The second-order valence-electron chi connectivity index (χ2n) is 5.83. The molecule has 2 aromatic heterocycles. The van der Waals surface area contributed by atoms with Crippen LogP contribution in [0, 0.1) is 0 Å². The normalized spacial score (nSPS) is 10.5. The molecule has 154 valence electrons. The molecule has 0 aliphatic heterocycles. The smallest absolute Gasteiger partial charge is 0.356 e. The van der Waals surface area contributed by atoms with E-state index in [0.29, 0.717) is 46.6 Å². The van der Waals surface area contributed by atoms with Crippen molar-refractivity contribution in [1.29, 1.82) is 0 Å². The summed E-state index contributed by atoms with van der Waals surface area (Å²) >= 11 is 6.59. The number of methoxy groups -OCH3 is 4. The summed E-state index contributed by atoms with van der Waals surface area (Å²) < 4.78 is 21.2. The molecule has 0 unspecified atom stereocenters. The molecule has 0 fully saturated rings. The van der Waals surface area contributed by atoms with Gasteiger partial charge in [-0.3, -0.25) is 0 Å². The molecule has 0 aliphatic rings. The molecule has 29 heavy (non-hydrogen) atoms. The number of carbonyl (C=O) groups excluding carboxylic acids is 1. The van der Waals surface area contributed by atoms with Crippen LogP contribution in [0.25, 0.3) is 11.1 Å². The Bertz CT molecular complexity index is 1000. The Morgan fingerprint density at radius 1 is 1.14 bits per heavy atom. The zero-order valence-corrected chi connectivity index (χ0v) is 17.1. The molecule has 3 N–H and O–H groups in total. The number of carbonyl (C=O) groups is 1. The van der Waals surface area contributed by atoms with Crippen LogP contribution in [-0.4, -0.2) is 49.4 Å². The van der Waals surface area contributed by atoms with Gasteiger partial charge in [-0.15, -0.1) is 0 Å². The number of anilines is 1. The molecule has 0 saturated carbocycles. The lowest BCUT2D eigenvalue weighted by molar-refractivity contribution is 0.0595. The van der Waals surface area contributed by atoms with E-state index in [4.69, 9.17) is 30.5 Å². The molecule has 3 aromatic rings. The van der Waals surface area contributed by atoms with E-state index in [1.54, 1.807) is 24.5 Å². The Kier molecular flexibility index (Phi) is 6.18. The summed E-state index contributed by atoms with van der Waals surface area (Å²) in [5.41, 5.74) is 1.97. The van der Waals surface area contributed by atoms with Gasteiger partial charge in [0.15, 0.2) is 17.4 Å². The maximum absolute atomic E-state index is 12.2. The summed E-state index contributed by atoms with van der Waals surface area (Å²) in [6.07, 6.45) is 3.32. The molecule has 0 amide bonds. The number of aromatic amines is 2. The van der Waals surface area contributed by atoms with Crippen molar-refractivity contribution in [3.8, 4) is 28.4 Å². The third-order valence-corrected chi connectivity index (χ3v) is 4.69. The fourth-order valence-corrected chi connectivity index (χ4v) is 3.35.